The summed E-state index contributed by atoms with van der Waals surface area (Å²) in [4.78, 5) is 14.0. The zero-order valence-electron chi connectivity index (χ0n) is 12.9. The Labute approximate surface area is 124 Å². The van der Waals surface area contributed by atoms with Crippen LogP contribution in [0.15, 0.2) is 36.5 Å². The van der Waals surface area contributed by atoms with E-state index in [2.05, 4.69) is 5.10 Å². The maximum atomic E-state index is 12.4. The second kappa shape index (κ2) is 5.69. The summed E-state index contributed by atoms with van der Waals surface area (Å²) >= 11 is 0. The molecule has 0 radical (unpaired) electrons. The molecule has 0 bridgehead atoms. The second-order valence-corrected chi connectivity index (χ2v) is 5.86. The molecule has 1 N–H and O–H groups in total. The van der Waals surface area contributed by atoms with E-state index in [1.165, 1.54) is 4.90 Å². The van der Waals surface area contributed by atoms with Crippen LogP contribution < -0.4 is 0 Å². The first-order valence-corrected chi connectivity index (χ1v) is 6.87. The molecule has 0 spiro atoms. The van der Waals surface area contributed by atoms with Gasteiger partial charge in [0.1, 0.15) is 0 Å². The zero-order chi connectivity index (χ0) is 15.6. The van der Waals surface area contributed by atoms with Crippen molar-refractivity contribution in [2.75, 3.05) is 13.6 Å². The number of carbonyl (C=O) groups is 1. The first kappa shape index (κ1) is 15.3. The van der Waals surface area contributed by atoms with Crippen molar-refractivity contribution in [2.24, 2.45) is 0 Å². The number of hydrogen-bond donors (Lipinski definition) is 1. The maximum Gasteiger partial charge on any atom is 0.257 e. The molecule has 1 aromatic carbocycles. The number of para-hydroxylation sites is 1. The SMILES string of the molecule is Cc1c(C(=O)N(C)CC(C)(C)O)cnn1-c1ccccc1. The van der Waals surface area contributed by atoms with Crippen molar-refractivity contribution in [1.29, 1.82) is 0 Å². The normalized spacial score (nSPS) is 11.5. The largest absolute Gasteiger partial charge is 0.389 e. The lowest BCUT2D eigenvalue weighted by Gasteiger charge is -2.25. The molecular weight excluding hydrogens is 266 g/mol. The Morgan fingerprint density at radius 2 is 1.95 bits per heavy atom. The monoisotopic (exact) mass is 287 g/mol. The molecule has 2 aromatic rings. The van der Waals surface area contributed by atoms with Crippen LogP contribution in [-0.2, 0) is 0 Å². The summed E-state index contributed by atoms with van der Waals surface area (Å²) in [5, 5.41) is 14.1. The minimum atomic E-state index is -0.923. The standard InChI is InChI=1S/C16H21N3O2/c1-12-14(15(20)18(4)11-16(2,3)21)10-17-19(12)13-8-6-5-7-9-13/h5-10,21H,11H2,1-4H3. The number of hydrogen-bond acceptors (Lipinski definition) is 3. The average Bonchev–Trinajstić information content (AvgIpc) is 2.79. The van der Waals surface area contributed by atoms with E-state index in [-0.39, 0.29) is 12.5 Å². The van der Waals surface area contributed by atoms with E-state index in [4.69, 9.17) is 0 Å². The van der Waals surface area contributed by atoms with E-state index < -0.39 is 5.60 Å². The van der Waals surface area contributed by atoms with Gasteiger partial charge < -0.3 is 10.0 Å². The van der Waals surface area contributed by atoms with Crippen molar-refractivity contribution in [1.82, 2.24) is 14.7 Å². The molecule has 1 amide bonds. The van der Waals surface area contributed by atoms with Gasteiger partial charge >= 0.3 is 0 Å². The van der Waals surface area contributed by atoms with Gasteiger partial charge in [-0.05, 0) is 32.9 Å². The molecule has 0 atom stereocenters. The number of carbonyl (C=O) groups excluding carboxylic acids is 1. The number of benzene rings is 1. The summed E-state index contributed by atoms with van der Waals surface area (Å²) in [6, 6.07) is 9.67. The Bertz CT molecular complexity index is 627. The third-order valence-corrected chi connectivity index (χ3v) is 3.21. The minimum Gasteiger partial charge on any atom is -0.389 e. The number of aromatic nitrogens is 2. The molecule has 0 saturated carbocycles. The van der Waals surface area contributed by atoms with Gasteiger partial charge in [0.05, 0.1) is 28.7 Å². The Morgan fingerprint density at radius 3 is 2.52 bits per heavy atom. The third-order valence-electron chi connectivity index (χ3n) is 3.21. The van der Waals surface area contributed by atoms with Gasteiger partial charge in [-0.1, -0.05) is 18.2 Å². The van der Waals surface area contributed by atoms with Gasteiger partial charge in [0, 0.05) is 13.6 Å². The van der Waals surface area contributed by atoms with Crippen LogP contribution in [0, 0.1) is 6.92 Å². The molecule has 5 heteroatoms. The summed E-state index contributed by atoms with van der Waals surface area (Å²) in [6.07, 6.45) is 1.57. The van der Waals surface area contributed by atoms with E-state index in [1.807, 2.05) is 37.3 Å². The van der Waals surface area contributed by atoms with Crippen LogP contribution in [0.3, 0.4) is 0 Å². The van der Waals surface area contributed by atoms with E-state index in [1.54, 1.807) is 31.8 Å². The van der Waals surface area contributed by atoms with Crippen molar-refractivity contribution in [2.45, 2.75) is 26.4 Å². The van der Waals surface area contributed by atoms with Gasteiger partial charge in [-0.15, -0.1) is 0 Å². The van der Waals surface area contributed by atoms with Gasteiger partial charge in [0.25, 0.3) is 5.91 Å². The van der Waals surface area contributed by atoms with Crippen molar-refractivity contribution in [3.8, 4) is 5.69 Å². The van der Waals surface area contributed by atoms with Crippen molar-refractivity contribution < 1.29 is 9.90 Å². The van der Waals surface area contributed by atoms with Gasteiger partial charge in [-0.3, -0.25) is 4.79 Å². The van der Waals surface area contributed by atoms with Crippen LogP contribution in [0.2, 0.25) is 0 Å². The van der Waals surface area contributed by atoms with Crippen molar-refractivity contribution >= 4 is 5.91 Å². The highest BCUT2D eigenvalue weighted by atomic mass is 16.3. The summed E-state index contributed by atoms with van der Waals surface area (Å²) in [7, 11) is 1.68. The molecule has 0 unspecified atom stereocenters. The molecule has 1 aromatic heterocycles. The fourth-order valence-electron chi connectivity index (χ4n) is 2.31. The summed E-state index contributed by atoms with van der Waals surface area (Å²) in [5.41, 5.74) is 1.33. The molecular formula is C16H21N3O2. The summed E-state index contributed by atoms with van der Waals surface area (Å²) < 4.78 is 1.74. The lowest BCUT2D eigenvalue weighted by Crippen LogP contribution is -2.39. The fourth-order valence-corrected chi connectivity index (χ4v) is 2.31. The Kier molecular flexibility index (Phi) is 4.14. The third kappa shape index (κ3) is 3.49. The van der Waals surface area contributed by atoms with E-state index >= 15 is 0 Å². The van der Waals surface area contributed by atoms with Gasteiger partial charge in [0.15, 0.2) is 0 Å². The maximum absolute atomic E-state index is 12.4. The first-order valence-electron chi connectivity index (χ1n) is 6.87. The lowest BCUT2D eigenvalue weighted by molar-refractivity contribution is 0.0367. The number of likely N-dealkylation sites (N-methyl/N-ethyl adjacent to an activating group) is 1. The Hall–Kier alpha value is -2.14. The number of amides is 1. The van der Waals surface area contributed by atoms with Crippen LogP contribution >= 0.6 is 0 Å². The number of rotatable bonds is 4. The molecule has 5 nitrogen and oxygen atoms in total. The molecule has 2 rings (SSSR count). The Morgan fingerprint density at radius 1 is 1.33 bits per heavy atom. The predicted octanol–water partition coefficient (Wildman–Crippen LogP) is 2.02. The summed E-state index contributed by atoms with van der Waals surface area (Å²) in [6.45, 7) is 5.49. The molecule has 0 aliphatic heterocycles. The minimum absolute atomic E-state index is 0.142. The van der Waals surface area contributed by atoms with Gasteiger partial charge in [0.2, 0.25) is 0 Å². The lowest BCUT2D eigenvalue weighted by atomic mass is 10.1. The molecule has 112 valence electrons. The van der Waals surface area contributed by atoms with Crippen molar-refractivity contribution in [3.05, 3.63) is 47.8 Å². The number of nitrogens with zero attached hydrogens (tertiary/aromatic N) is 3. The van der Waals surface area contributed by atoms with Crippen LogP contribution in [-0.4, -0.2) is 44.9 Å². The fraction of sp³-hybridized carbons (Fsp3) is 0.375. The smallest absolute Gasteiger partial charge is 0.257 e. The van der Waals surface area contributed by atoms with E-state index in [9.17, 15) is 9.90 Å². The number of aliphatic hydroxyl groups is 1. The van der Waals surface area contributed by atoms with Crippen LogP contribution in [0.4, 0.5) is 0 Å². The van der Waals surface area contributed by atoms with Crippen LogP contribution in [0.5, 0.6) is 0 Å². The molecule has 0 fully saturated rings. The molecule has 0 aliphatic carbocycles. The average molecular weight is 287 g/mol. The summed E-state index contributed by atoms with van der Waals surface area (Å²) in [5.74, 6) is -0.142. The van der Waals surface area contributed by atoms with Crippen LogP contribution in [0.25, 0.3) is 5.69 Å². The molecule has 1 heterocycles. The zero-order valence-corrected chi connectivity index (χ0v) is 12.9. The first-order chi connectivity index (χ1) is 9.79. The highest BCUT2D eigenvalue weighted by molar-refractivity contribution is 5.95. The quantitative estimate of drug-likeness (QED) is 0.936. The second-order valence-electron chi connectivity index (χ2n) is 5.86. The Balaban J connectivity index is 2.26. The molecule has 21 heavy (non-hydrogen) atoms. The topological polar surface area (TPSA) is 58.4 Å². The van der Waals surface area contributed by atoms with E-state index in [0.29, 0.717) is 5.56 Å². The van der Waals surface area contributed by atoms with Gasteiger partial charge in [-0.25, -0.2) is 4.68 Å². The highest BCUT2D eigenvalue weighted by Crippen LogP contribution is 2.16. The molecule has 0 aliphatic rings. The van der Waals surface area contributed by atoms with E-state index in [0.717, 1.165) is 11.4 Å². The van der Waals surface area contributed by atoms with Crippen LogP contribution in [0.1, 0.15) is 29.9 Å². The molecule has 0 saturated heterocycles. The predicted molar refractivity (Wildman–Crippen MR) is 81.6 cm³/mol. The van der Waals surface area contributed by atoms with Gasteiger partial charge in [-0.2, -0.15) is 5.10 Å². The van der Waals surface area contributed by atoms with Crippen molar-refractivity contribution in [3.63, 3.8) is 0 Å². The highest BCUT2D eigenvalue weighted by Gasteiger charge is 2.23.